The van der Waals surface area contributed by atoms with E-state index in [-0.39, 0.29) is 5.41 Å². The van der Waals surface area contributed by atoms with Gasteiger partial charge in [0.1, 0.15) is 0 Å². The molecule has 0 saturated heterocycles. The van der Waals surface area contributed by atoms with Crippen LogP contribution in [0.3, 0.4) is 0 Å². The Labute approximate surface area is 156 Å². The molecule has 0 spiro atoms. The summed E-state index contributed by atoms with van der Waals surface area (Å²) >= 11 is 0. The average Bonchev–Trinajstić information content (AvgIpc) is 3.11. The van der Waals surface area contributed by atoms with Gasteiger partial charge in [0.15, 0.2) is 5.96 Å². The van der Waals surface area contributed by atoms with E-state index in [9.17, 15) is 13.2 Å². The van der Waals surface area contributed by atoms with Crippen LogP contribution in [-0.2, 0) is 18.1 Å². The monoisotopic (exact) mass is 379 g/mol. The van der Waals surface area contributed by atoms with Crippen LogP contribution in [-0.4, -0.2) is 29.2 Å². The van der Waals surface area contributed by atoms with E-state index in [1.165, 1.54) is 12.1 Å². The lowest BCUT2D eigenvalue weighted by atomic mass is 9.64. The fraction of sp³-hybridized carbons (Fsp3) is 0.474. The second-order valence-electron chi connectivity index (χ2n) is 6.84. The molecule has 0 aliphatic heterocycles. The number of halogens is 3. The summed E-state index contributed by atoms with van der Waals surface area (Å²) in [6, 6.07) is 7.55. The summed E-state index contributed by atoms with van der Waals surface area (Å²) in [4.78, 5) is 4.51. The molecule has 1 aliphatic carbocycles. The molecule has 0 bridgehead atoms. The summed E-state index contributed by atoms with van der Waals surface area (Å²) in [6.07, 6.45) is 0.0827. The van der Waals surface area contributed by atoms with E-state index in [0.717, 1.165) is 36.6 Å². The Balaban J connectivity index is 1.72. The molecule has 1 aliphatic rings. The van der Waals surface area contributed by atoms with Crippen LogP contribution in [0.1, 0.15) is 43.0 Å². The maximum Gasteiger partial charge on any atom is 0.416 e. The number of benzene rings is 1. The normalized spacial score (nSPS) is 16.7. The zero-order chi connectivity index (χ0) is 19.3. The summed E-state index contributed by atoms with van der Waals surface area (Å²) < 4.78 is 39.2. The van der Waals surface area contributed by atoms with Crippen molar-refractivity contribution >= 4 is 5.96 Å². The minimum absolute atomic E-state index is 0.286. The number of H-pyrrole nitrogens is 1. The van der Waals surface area contributed by atoms with Crippen LogP contribution in [0.4, 0.5) is 13.2 Å². The third-order valence-corrected chi connectivity index (χ3v) is 5.02. The predicted octanol–water partition coefficient (Wildman–Crippen LogP) is 3.61. The molecule has 0 atom stereocenters. The second-order valence-corrected chi connectivity index (χ2v) is 6.84. The van der Waals surface area contributed by atoms with Crippen molar-refractivity contribution in [2.45, 2.75) is 44.3 Å². The maximum atomic E-state index is 13.1. The van der Waals surface area contributed by atoms with E-state index in [1.54, 1.807) is 12.3 Å². The van der Waals surface area contributed by atoms with Crippen LogP contribution >= 0.6 is 0 Å². The van der Waals surface area contributed by atoms with E-state index >= 15 is 0 Å². The van der Waals surface area contributed by atoms with E-state index in [4.69, 9.17) is 0 Å². The number of guanidine groups is 1. The smallest absolute Gasteiger partial charge is 0.357 e. The van der Waals surface area contributed by atoms with Gasteiger partial charge in [-0.25, -0.2) is 4.99 Å². The van der Waals surface area contributed by atoms with Gasteiger partial charge in [-0.1, -0.05) is 24.6 Å². The van der Waals surface area contributed by atoms with Crippen molar-refractivity contribution in [3.63, 3.8) is 0 Å². The van der Waals surface area contributed by atoms with Crippen LogP contribution in [0.15, 0.2) is 41.5 Å². The molecule has 1 aromatic carbocycles. The number of rotatable bonds is 6. The molecule has 1 aromatic heterocycles. The molecule has 27 heavy (non-hydrogen) atoms. The van der Waals surface area contributed by atoms with Crippen molar-refractivity contribution in [2.75, 3.05) is 13.1 Å². The molecule has 3 N–H and O–H groups in total. The topological polar surface area (TPSA) is 65.1 Å². The number of aliphatic imine (C=N–C) groups is 1. The minimum atomic E-state index is -4.32. The highest BCUT2D eigenvalue weighted by molar-refractivity contribution is 5.79. The van der Waals surface area contributed by atoms with E-state index in [0.29, 0.717) is 25.6 Å². The molecule has 0 amide bonds. The summed E-state index contributed by atoms with van der Waals surface area (Å²) in [6.45, 7) is 3.67. The molecule has 3 rings (SSSR count). The largest absolute Gasteiger partial charge is 0.416 e. The van der Waals surface area contributed by atoms with E-state index in [2.05, 4.69) is 25.8 Å². The SMILES string of the molecule is CCNC(=NCc1ccn[nH]1)NCC1(c2cccc(C(F)(F)F)c2)CCC1. The van der Waals surface area contributed by atoms with Gasteiger partial charge < -0.3 is 10.6 Å². The van der Waals surface area contributed by atoms with Gasteiger partial charge in [0.2, 0.25) is 0 Å². The van der Waals surface area contributed by atoms with E-state index in [1.807, 2.05) is 13.0 Å². The van der Waals surface area contributed by atoms with Gasteiger partial charge in [0, 0.05) is 24.7 Å². The first kappa shape index (κ1) is 19.3. The molecular weight excluding hydrogens is 355 g/mol. The number of hydrogen-bond donors (Lipinski definition) is 3. The van der Waals surface area contributed by atoms with Crippen LogP contribution in [0.25, 0.3) is 0 Å². The minimum Gasteiger partial charge on any atom is -0.357 e. The highest BCUT2D eigenvalue weighted by Crippen LogP contribution is 2.44. The van der Waals surface area contributed by atoms with Gasteiger partial charge in [0.25, 0.3) is 0 Å². The Morgan fingerprint density at radius 2 is 2.07 bits per heavy atom. The molecule has 5 nitrogen and oxygen atoms in total. The summed E-state index contributed by atoms with van der Waals surface area (Å²) in [5.74, 6) is 0.644. The quantitative estimate of drug-likeness (QED) is 0.531. The van der Waals surface area contributed by atoms with Gasteiger partial charge in [-0.2, -0.15) is 18.3 Å². The molecule has 0 radical (unpaired) electrons. The number of aromatic amines is 1. The first-order valence-corrected chi connectivity index (χ1v) is 9.11. The van der Waals surface area contributed by atoms with Crippen molar-refractivity contribution < 1.29 is 13.2 Å². The van der Waals surface area contributed by atoms with Gasteiger partial charge in [0.05, 0.1) is 17.8 Å². The van der Waals surface area contributed by atoms with Crippen molar-refractivity contribution in [1.82, 2.24) is 20.8 Å². The lowest BCUT2D eigenvalue weighted by Crippen LogP contribution is -2.49. The Hall–Kier alpha value is -2.51. The zero-order valence-electron chi connectivity index (χ0n) is 15.2. The van der Waals surface area contributed by atoms with Crippen LogP contribution < -0.4 is 10.6 Å². The number of hydrogen-bond acceptors (Lipinski definition) is 2. The van der Waals surface area contributed by atoms with Gasteiger partial charge >= 0.3 is 6.18 Å². The van der Waals surface area contributed by atoms with Crippen molar-refractivity contribution in [2.24, 2.45) is 4.99 Å². The molecule has 146 valence electrons. The highest BCUT2D eigenvalue weighted by Gasteiger charge is 2.40. The Kier molecular flexibility index (Phi) is 5.72. The summed E-state index contributed by atoms with van der Waals surface area (Å²) in [7, 11) is 0. The number of alkyl halides is 3. The molecule has 0 unspecified atom stereocenters. The van der Waals surface area contributed by atoms with Crippen molar-refractivity contribution in [3.8, 4) is 0 Å². The third kappa shape index (κ3) is 4.61. The van der Waals surface area contributed by atoms with E-state index < -0.39 is 11.7 Å². The van der Waals surface area contributed by atoms with Gasteiger partial charge in [-0.15, -0.1) is 0 Å². The average molecular weight is 379 g/mol. The molecule has 1 heterocycles. The summed E-state index contributed by atoms with van der Waals surface area (Å²) in [5.41, 5.74) is 0.751. The Morgan fingerprint density at radius 1 is 1.26 bits per heavy atom. The van der Waals surface area contributed by atoms with Crippen LogP contribution in [0, 0.1) is 0 Å². The number of nitrogens with zero attached hydrogens (tertiary/aromatic N) is 2. The third-order valence-electron chi connectivity index (χ3n) is 5.02. The van der Waals surface area contributed by atoms with Gasteiger partial charge in [-0.3, -0.25) is 5.10 Å². The molecule has 8 heteroatoms. The fourth-order valence-corrected chi connectivity index (χ4v) is 3.33. The highest BCUT2D eigenvalue weighted by atomic mass is 19.4. The van der Waals surface area contributed by atoms with Crippen molar-refractivity contribution in [3.05, 3.63) is 53.3 Å². The number of aromatic nitrogens is 2. The standard InChI is InChI=1S/C19H24F3N5/c1-2-23-17(24-12-16-7-10-26-27-16)25-13-18(8-4-9-18)14-5-3-6-15(11-14)19(20,21)22/h3,5-7,10-11H,2,4,8-9,12-13H2,1H3,(H,26,27)(H2,23,24,25). The Morgan fingerprint density at radius 3 is 2.67 bits per heavy atom. The van der Waals surface area contributed by atoms with Gasteiger partial charge in [-0.05, 0) is 37.5 Å². The Bertz CT molecular complexity index is 764. The lowest BCUT2D eigenvalue weighted by Gasteiger charge is -2.43. The lowest BCUT2D eigenvalue weighted by molar-refractivity contribution is -0.137. The first-order valence-electron chi connectivity index (χ1n) is 9.11. The molecular formula is C19H24F3N5. The summed E-state index contributed by atoms with van der Waals surface area (Å²) in [5, 5.41) is 13.2. The first-order chi connectivity index (χ1) is 12.9. The maximum absolute atomic E-state index is 13.1. The van der Waals surface area contributed by atoms with Crippen LogP contribution in [0.2, 0.25) is 0 Å². The number of nitrogens with one attached hydrogen (secondary N) is 3. The van der Waals surface area contributed by atoms with Crippen molar-refractivity contribution in [1.29, 1.82) is 0 Å². The molecule has 1 saturated carbocycles. The zero-order valence-corrected chi connectivity index (χ0v) is 15.2. The second kappa shape index (κ2) is 8.02. The predicted molar refractivity (Wildman–Crippen MR) is 98.4 cm³/mol. The van der Waals surface area contributed by atoms with Crippen LogP contribution in [0.5, 0.6) is 0 Å². The fourth-order valence-electron chi connectivity index (χ4n) is 3.33. The molecule has 1 fully saturated rings. The molecule has 2 aromatic rings.